The van der Waals surface area contributed by atoms with Crippen molar-refractivity contribution < 1.29 is 14.3 Å². The van der Waals surface area contributed by atoms with Crippen molar-refractivity contribution in [2.75, 3.05) is 25.3 Å². The van der Waals surface area contributed by atoms with E-state index in [1.807, 2.05) is 16.7 Å². The summed E-state index contributed by atoms with van der Waals surface area (Å²) in [7, 11) is 3.02. The Bertz CT molecular complexity index is 1320. The van der Waals surface area contributed by atoms with E-state index < -0.39 is 0 Å². The van der Waals surface area contributed by atoms with Gasteiger partial charge in [-0.1, -0.05) is 47.6 Å². The molecule has 170 valence electrons. The van der Waals surface area contributed by atoms with Gasteiger partial charge in [-0.15, -0.1) is 28.1 Å². The van der Waals surface area contributed by atoms with E-state index in [0.29, 0.717) is 33.9 Å². The third kappa shape index (κ3) is 4.85. The summed E-state index contributed by atoms with van der Waals surface area (Å²) in [5.41, 5.74) is 1.49. The topological polar surface area (TPSA) is 78.3 Å². The van der Waals surface area contributed by atoms with E-state index in [2.05, 4.69) is 39.6 Å². The van der Waals surface area contributed by atoms with Gasteiger partial charge in [0.05, 0.1) is 30.7 Å². The number of benzene rings is 2. The molecule has 7 nitrogen and oxygen atoms in total. The maximum atomic E-state index is 12.7. The van der Waals surface area contributed by atoms with Crippen LogP contribution in [0.2, 0.25) is 5.02 Å². The number of halogens is 1. The van der Waals surface area contributed by atoms with Crippen molar-refractivity contribution in [3.8, 4) is 22.9 Å². The average molecular weight is 501 g/mol. The molecule has 0 atom stereocenters. The van der Waals surface area contributed by atoms with Gasteiger partial charge in [-0.25, -0.2) is 0 Å². The fraction of sp³-hybridized carbons (Fsp3) is 0.174. The lowest BCUT2D eigenvalue weighted by Gasteiger charge is -2.13. The number of carbonyl (C=O) groups is 1. The van der Waals surface area contributed by atoms with Crippen molar-refractivity contribution >= 4 is 56.4 Å². The van der Waals surface area contributed by atoms with Crippen LogP contribution >= 0.6 is 34.7 Å². The van der Waals surface area contributed by atoms with E-state index in [-0.39, 0.29) is 11.7 Å². The number of allylic oxidation sites excluding steroid dienone is 1. The molecule has 0 saturated heterocycles. The first-order chi connectivity index (χ1) is 16.0. The van der Waals surface area contributed by atoms with Crippen molar-refractivity contribution in [3.63, 3.8) is 0 Å². The second kappa shape index (κ2) is 10.3. The summed E-state index contributed by atoms with van der Waals surface area (Å²) < 4.78 is 13.7. The van der Waals surface area contributed by atoms with Crippen molar-refractivity contribution in [2.24, 2.45) is 0 Å². The van der Waals surface area contributed by atoms with Crippen LogP contribution in [0, 0.1) is 0 Å². The Morgan fingerprint density at radius 2 is 2.03 bits per heavy atom. The predicted octanol–water partition coefficient (Wildman–Crippen LogP) is 5.75. The van der Waals surface area contributed by atoms with Gasteiger partial charge < -0.3 is 14.8 Å². The number of ether oxygens (including phenoxy) is 2. The van der Waals surface area contributed by atoms with Crippen molar-refractivity contribution in [1.29, 1.82) is 0 Å². The van der Waals surface area contributed by atoms with E-state index in [1.165, 1.54) is 30.7 Å². The highest BCUT2D eigenvalue weighted by atomic mass is 35.5. The molecule has 4 rings (SSSR count). The van der Waals surface area contributed by atoms with Gasteiger partial charge in [0, 0.05) is 39.7 Å². The van der Waals surface area contributed by atoms with Crippen LogP contribution in [0.25, 0.3) is 21.5 Å². The molecular weight excluding hydrogens is 480 g/mol. The van der Waals surface area contributed by atoms with Crippen LogP contribution in [0.3, 0.4) is 0 Å². The van der Waals surface area contributed by atoms with Gasteiger partial charge >= 0.3 is 0 Å². The number of fused-ring (bicyclic) bond motifs is 1. The molecule has 0 unspecified atom stereocenters. The van der Waals surface area contributed by atoms with Crippen LogP contribution < -0.4 is 14.8 Å². The maximum absolute atomic E-state index is 12.7. The fourth-order valence-electron chi connectivity index (χ4n) is 3.31. The molecule has 1 N–H and O–H groups in total. The fourth-order valence-corrected chi connectivity index (χ4v) is 5.23. The molecule has 2 heterocycles. The lowest BCUT2D eigenvalue weighted by molar-refractivity contribution is -0.113. The van der Waals surface area contributed by atoms with Gasteiger partial charge in [0.2, 0.25) is 5.91 Å². The lowest BCUT2D eigenvalue weighted by Crippen LogP contribution is -2.15. The molecule has 0 radical (unpaired) electrons. The van der Waals surface area contributed by atoms with Crippen LogP contribution in [0.15, 0.2) is 59.6 Å². The summed E-state index contributed by atoms with van der Waals surface area (Å²) in [6.07, 6.45) is 1.79. The number of anilines is 1. The van der Waals surface area contributed by atoms with Crippen LogP contribution in [0.5, 0.6) is 11.5 Å². The number of amides is 1. The summed E-state index contributed by atoms with van der Waals surface area (Å²) in [6, 6.07) is 11.4. The van der Waals surface area contributed by atoms with Crippen molar-refractivity contribution in [3.05, 3.63) is 59.5 Å². The number of nitrogens with one attached hydrogen (secondary N) is 1. The summed E-state index contributed by atoms with van der Waals surface area (Å²) in [5.74, 6) is 1.55. The number of aromatic nitrogens is 3. The first kappa shape index (κ1) is 23.2. The second-order valence-electron chi connectivity index (χ2n) is 6.87. The van der Waals surface area contributed by atoms with Gasteiger partial charge in [0.15, 0.2) is 11.0 Å². The lowest BCUT2D eigenvalue weighted by atomic mass is 10.1. The largest absolute Gasteiger partial charge is 0.495 e. The van der Waals surface area contributed by atoms with Gasteiger partial charge in [-0.2, -0.15) is 0 Å². The molecule has 10 heteroatoms. The normalized spacial score (nSPS) is 10.9. The Kier molecular flexibility index (Phi) is 7.22. The molecule has 0 saturated carbocycles. The Labute approximate surface area is 204 Å². The van der Waals surface area contributed by atoms with Crippen molar-refractivity contribution in [2.45, 2.75) is 11.7 Å². The molecule has 0 spiro atoms. The Hall–Kier alpha value is -3.01. The first-order valence-corrected chi connectivity index (χ1v) is 12.1. The smallest absolute Gasteiger partial charge is 0.234 e. The highest BCUT2D eigenvalue weighted by molar-refractivity contribution is 7.99. The number of methoxy groups -OCH3 is 2. The zero-order valence-electron chi connectivity index (χ0n) is 18.0. The monoisotopic (exact) mass is 500 g/mol. The summed E-state index contributed by atoms with van der Waals surface area (Å²) in [5, 5.41) is 15.8. The zero-order valence-corrected chi connectivity index (χ0v) is 20.4. The molecule has 0 fully saturated rings. The Morgan fingerprint density at radius 3 is 2.79 bits per heavy atom. The van der Waals surface area contributed by atoms with E-state index in [4.69, 9.17) is 21.1 Å². The highest BCUT2D eigenvalue weighted by Gasteiger charge is 2.18. The van der Waals surface area contributed by atoms with Gasteiger partial charge in [-0.05, 0) is 6.07 Å². The molecule has 33 heavy (non-hydrogen) atoms. The number of hydrogen-bond donors (Lipinski definition) is 1. The van der Waals surface area contributed by atoms with Crippen LogP contribution in [0.1, 0.15) is 0 Å². The number of carbonyl (C=O) groups excluding carboxylic acids is 1. The van der Waals surface area contributed by atoms with Gasteiger partial charge in [0.25, 0.3) is 0 Å². The average Bonchev–Trinajstić information content (AvgIpc) is 3.42. The van der Waals surface area contributed by atoms with E-state index in [0.717, 1.165) is 16.8 Å². The minimum atomic E-state index is -0.224. The van der Waals surface area contributed by atoms with E-state index >= 15 is 0 Å². The predicted molar refractivity (Wildman–Crippen MR) is 135 cm³/mol. The molecule has 0 aliphatic heterocycles. The summed E-state index contributed by atoms with van der Waals surface area (Å²) in [6.45, 7) is 4.38. The quantitative estimate of drug-likeness (QED) is 0.233. The molecular formula is C23H21ClN4O3S2. The molecule has 2 aromatic heterocycles. The van der Waals surface area contributed by atoms with E-state index in [9.17, 15) is 4.79 Å². The molecule has 0 aliphatic carbocycles. The van der Waals surface area contributed by atoms with Crippen LogP contribution in [-0.2, 0) is 11.3 Å². The SMILES string of the molecule is C=CCn1c(SCC(=O)Nc2cc(OC)c(Cl)cc2OC)nnc1-c1csc2ccccc12. The molecule has 0 bridgehead atoms. The number of hydrogen-bond acceptors (Lipinski definition) is 7. The Balaban J connectivity index is 1.53. The minimum absolute atomic E-state index is 0.133. The summed E-state index contributed by atoms with van der Waals surface area (Å²) >= 11 is 9.10. The third-order valence-corrected chi connectivity index (χ3v) is 7.06. The van der Waals surface area contributed by atoms with Crippen molar-refractivity contribution in [1.82, 2.24) is 14.8 Å². The zero-order chi connectivity index (χ0) is 23.4. The molecule has 2 aromatic carbocycles. The van der Waals surface area contributed by atoms with E-state index in [1.54, 1.807) is 29.5 Å². The Morgan fingerprint density at radius 1 is 1.24 bits per heavy atom. The molecule has 1 amide bonds. The second-order valence-corrected chi connectivity index (χ2v) is 9.14. The number of thiophene rings is 1. The number of rotatable bonds is 9. The number of thioether (sulfide) groups is 1. The molecule has 0 aliphatic rings. The number of nitrogens with zero attached hydrogens (tertiary/aromatic N) is 3. The van der Waals surface area contributed by atoms with Crippen LogP contribution in [0.4, 0.5) is 5.69 Å². The standard InChI is InChI=1S/C23H21ClN4O3S2/c1-4-9-28-22(15-12-32-20-8-6-5-7-14(15)20)26-27-23(28)33-13-21(29)25-17-11-18(30-2)16(24)10-19(17)31-3/h4-8,10-12H,1,9,13H2,2-3H3,(H,25,29). The van der Waals surface area contributed by atoms with Gasteiger partial charge in [0.1, 0.15) is 11.5 Å². The summed E-state index contributed by atoms with van der Waals surface area (Å²) in [4.78, 5) is 12.7. The first-order valence-electron chi connectivity index (χ1n) is 9.90. The van der Waals surface area contributed by atoms with Crippen LogP contribution in [-0.4, -0.2) is 40.6 Å². The van der Waals surface area contributed by atoms with Gasteiger partial charge in [-0.3, -0.25) is 9.36 Å². The maximum Gasteiger partial charge on any atom is 0.234 e. The highest BCUT2D eigenvalue weighted by Crippen LogP contribution is 2.37. The molecule has 4 aromatic rings. The third-order valence-electron chi connectivity index (χ3n) is 4.83. The minimum Gasteiger partial charge on any atom is -0.495 e.